The van der Waals surface area contributed by atoms with Crippen LogP contribution in [0.2, 0.25) is 0 Å². The summed E-state index contributed by atoms with van der Waals surface area (Å²) in [6, 6.07) is -6.03. The third-order valence-corrected chi connectivity index (χ3v) is 2.06. The fourth-order valence-corrected chi connectivity index (χ4v) is 1.03. The Hall–Kier alpha value is -1.17. The van der Waals surface area contributed by atoms with Crippen LogP contribution in [0.15, 0.2) is 0 Å². The van der Waals surface area contributed by atoms with Gasteiger partial charge in [0.25, 0.3) is 0 Å². The molecule has 120 valence electrons. The predicted molar refractivity (Wildman–Crippen MR) is 47.1 cm³/mol. The lowest BCUT2D eigenvalue weighted by Gasteiger charge is -2.33. The van der Waals surface area contributed by atoms with E-state index < -0.39 is 55.4 Å². The summed E-state index contributed by atoms with van der Waals surface area (Å²) in [6.07, 6.45) is -6.56. The van der Waals surface area contributed by atoms with Crippen LogP contribution in [0.4, 0.5) is 35.2 Å². The lowest BCUT2D eigenvalue weighted by molar-refractivity contribution is -0.363. The van der Waals surface area contributed by atoms with Crippen LogP contribution in [0.3, 0.4) is 0 Å². The Balaban J connectivity index is 5.10. The van der Waals surface area contributed by atoms with Gasteiger partial charge in [-0.15, -0.1) is 4.48 Å². The second kappa shape index (κ2) is 6.52. The molecule has 1 atom stereocenters. The lowest BCUT2D eigenvalue weighted by Crippen LogP contribution is -2.66. The molecule has 0 fully saturated rings. The molecule has 0 aromatic rings. The van der Waals surface area contributed by atoms with Crippen LogP contribution in [-0.4, -0.2) is 60.5 Å². The Labute approximate surface area is 106 Å². The Morgan fingerprint density at radius 3 is 1.95 bits per heavy atom. The average molecular weight is 319 g/mol. The van der Waals surface area contributed by atoms with E-state index in [-0.39, 0.29) is 0 Å². The number of hydrogen-bond donors (Lipinski definition) is 1. The molecule has 0 spiro atoms. The normalized spacial score (nSPS) is 16.2. The quantitative estimate of drug-likeness (QED) is 0.322. The van der Waals surface area contributed by atoms with Crippen molar-refractivity contribution < 1.29 is 49.9 Å². The van der Waals surface area contributed by atoms with E-state index in [1.54, 1.807) is 0 Å². The third kappa shape index (κ3) is 3.48. The van der Waals surface area contributed by atoms with Crippen molar-refractivity contribution in [1.29, 1.82) is 0 Å². The van der Waals surface area contributed by atoms with Gasteiger partial charge in [0.1, 0.15) is 6.67 Å². The van der Waals surface area contributed by atoms with Crippen molar-refractivity contribution in [1.82, 2.24) is 5.12 Å². The number of rotatable bonds is 8. The molecule has 1 N–H and O–H groups in total. The molecule has 4 nitrogen and oxygen atoms in total. The highest BCUT2D eigenvalue weighted by Gasteiger charge is 2.79. The van der Waals surface area contributed by atoms with Gasteiger partial charge in [0.05, 0.1) is 19.8 Å². The number of carboxylic acid groups (broad SMARTS) is 1. The summed E-state index contributed by atoms with van der Waals surface area (Å²) in [4.78, 5) is 10.1. The van der Waals surface area contributed by atoms with E-state index in [1.807, 2.05) is 0 Å². The van der Waals surface area contributed by atoms with Crippen molar-refractivity contribution >= 4 is 5.97 Å². The van der Waals surface area contributed by atoms with Gasteiger partial charge in [-0.25, -0.2) is 13.6 Å². The van der Waals surface area contributed by atoms with E-state index in [1.165, 1.54) is 0 Å². The zero-order valence-corrected chi connectivity index (χ0v) is 9.56. The highest BCUT2D eigenvalue weighted by Crippen LogP contribution is 2.47. The summed E-state index contributed by atoms with van der Waals surface area (Å²) in [6.45, 7) is -4.29. The summed E-state index contributed by atoms with van der Waals surface area (Å²) >= 11 is 0. The molecule has 0 aromatic carbocycles. The molecule has 0 aliphatic heterocycles. The fraction of sp³-hybridized carbons (Fsp3) is 0.875. The molecule has 0 aromatic heterocycles. The van der Waals surface area contributed by atoms with Crippen molar-refractivity contribution in [3.63, 3.8) is 0 Å². The molecule has 0 saturated carbocycles. The second-order valence-electron chi connectivity index (χ2n) is 3.39. The zero-order chi connectivity index (χ0) is 16.2. The molecule has 0 rings (SSSR count). The maximum atomic E-state index is 13.2. The van der Waals surface area contributed by atoms with Crippen molar-refractivity contribution in [2.24, 2.45) is 0 Å². The first-order chi connectivity index (χ1) is 8.92. The topological polar surface area (TPSA) is 49.8 Å². The average Bonchev–Trinajstić information content (AvgIpc) is 2.31. The third-order valence-electron chi connectivity index (χ3n) is 2.06. The van der Waals surface area contributed by atoms with Gasteiger partial charge in [-0.3, -0.25) is 0 Å². The van der Waals surface area contributed by atoms with E-state index in [4.69, 9.17) is 5.11 Å². The van der Waals surface area contributed by atoms with E-state index in [0.29, 0.717) is 0 Å². The molecular weight excluding hydrogens is 310 g/mol. The van der Waals surface area contributed by atoms with Crippen molar-refractivity contribution in [3.8, 4) is 0 Å². The molecule has 12 heteroatoms. The van der Waals surface area contributed by atoms with Crippen LogP contribution < -0.4 is 0 Å². The van der Waals surface area contributed by atoms with Crippen LogP contribution in [0.25, 0.3) is 0 Å². The first-order valence-electron chi connectivity index (χ1n) is 4.87. The highest BCUT2D eigenvalue weighted by atomic mass is 19.4. The van der Waals surface area contributed by atoms with Crippen molar-refractivity contribution in [2.45, 2.75) is 17.9 Å². The summed E-state index contributed by atoms with van der Waals surface area (Å²) < 4.78 is 104. The van der Waals surface area contributed by atoms with E-state index >= 15 is 0 Å². The Morgan fingerprint density at radius 1 is 1.10 bits per heavy atom. The first-order valence-corrected chi connectivity index (χ1v) is 4.87. The lowest BCUT2D eigenvalue weighted by atomic mass is 10.0. The van der Waals surface area contributed by atoms with Gasteiger partial charge in [0, 0.05) is 0 Å². The van der Waals surface area contributed by atoms with Crippen molar-refractivity contribution in [3.05, 3.63) is 0 Å². The smallest absolute Gasteiger partial charge is 0.441 e. The molecule has 0 saturated heterocycles. The molecule has 0 aliphatic carbocycles. The number of alkyl halides is 7. The van der Waals surface area contributed by atoms with Crippen LogP contribution in [0, 0.1) is 0 Å². The minimum absolute atomic E-state index is 0.640. The van der Waals surface area contributed by atoms with Crippen LogP contribution in [0.5, 0.6) is 0 Å². The van der Waals surface area contributed by atoms with Gasteiger partial charge in [-0.05, 0) is 0 Å². The first kappa shape index (κ1) is 18.8. The molecule has 1 unspecified atom stereocenters. The van der Waals surface area contributed by atoms with Gasteiger partial charge < -0.3 is 9.84 Å². The molecule has 0 radical (unpaired) electrons. The SMILES string of the molecule is O=C(O)C(F)(C(F)(F)F)C(F)(F)N(F)CCOCCF. The molecule has 0 aliphatic rings. The Morgan fingerprint density at radius 2 is 1.60 bits per heavy atom. The van der Waals surface area contributed by atoms with Gasteiger partial charge in [-0.1, -0.05) is 5.12 Å². The molecule has 0 bridgehead atoms. The standard InChI is InChI=1S/C8H9F8NO3/c9-1-3-20-4-2-17(16)8(14,15)6(10,5(18)19)7(11,12)13/h1-4H2,(H,18,19). The van der Waals surface area contributed by atoms with E-state index in [9.17, 15) is 40.0 Å². The minimum Gasteiger partial charge on any atom is -0.478 e. The number of hydrogen-bond acceptors (Lipinski definition) is 3. The van der Waals surface area contributed by atoms with Gasteiger partial charge >= 0.3 is 23.9 Å². The molecule has 20 heavy (non-hydrogen) atoms. The minimum atomic E-state index is -6.56. The van der Waals surface area contributed by atoms with Crippen LogP contribution in [-0.2, 0) is 9.53 Å². The highest BCUT2D eigenvalue weighted by molar-refractivity contribution is 5.80. The second-order valence-corrected chi connectivity index (χ2v) is 3.39. The number of halogens is 8. The van der Waals surface area contributed by atoms with Gasteiger partial charge in [0.15, 0.2) is 0 Å². The van der Waals surface area contributed by atoms with E-state index in [0.717, 1.165) is 0 Å². The molecule has 0 heterocycles. The van der Waals surface area contributed by atoms with Crippen LogP contribution >= 0.6 is 0 Å². The number of nitrogens with zero attached hydrogens (tertiary/aromatic N) is 1. The fourth-order valence-electron chi connectivity index (χ4n) is 1.03. The monoisotopic (exact) mass is 319 g/mol. The zero-order valence-electron chi connectivity index (χ0n) is 9.56. The summed E-state index contributed by atoms with van der Waals surface area (Å²) in [5.74, 6) is -3.60. The maximum Gasteiger partial charge on any atom is 0.441 e. The number of carbonyl (C=O) groups is 1. The number of carboxylic acids is 1. The largest absolute Gasteiger partial charge is 0.478 e. The van der Waals surface area contributed by atoms with Crippen LogP contribution in [0.1, 0.15) is 0 Å². The predicted octanol–water partition coefficient (Wildman–Crippen LogP) is 2.11. The number of aliphatic carboxylic acids is 1. The Bertz CT molecular complexity index is 336. The summed E-state index contributed by atoms with van der Waals surface area (Å²) in [5, 5.41) is 6.06. The van der Waals surface area contributed by atoms with Gasteiger partial charge in [0.2, 0.25) is 0 Å². The molecular formula is C8H9F8NO3. The van der Waals surface area contributed by atoms with E-state index in [2.05, 4.69) is 4.74 Å². The summed E-state index contributed by atoms with van der Waals surface area (Å²) in [7, 11) is 0. The summed E-state index contributed by atoms with van der Waals surface area (Å²) in [5.41, 5.74) is -6.14. The maximum absolute atomic E-state index is 13.2. The van der Waals surface area contributed by atoms with Gasteiger partial charge in [-0.2, -0.15) is 22.0 Å². The van der Waals surface area contributed by atoms with Crippen molar-refractivity contribution in [2.75, 3.05) is 26.4 Å². The molecule has 0 amide bonds. The number of ether oxygens (including phenoxy) is 1. The Kier molecular flexibility index (Phi) is 6.14.